The molecule has 176 valence electrons. The number of carbonyl (C=O) groups excluding carboxylic acids is 2. The first-order chi connectivity index (χ1) is 15.8. The van der Waals surface area contributed by atoms with Gasteiger partial charge in [-0.15, -0.1) is 6.58 Å². The fourth-order valence-electron chi connectivity index (χ4n) is 2.72. The lowest BCUT2D eigenvalue weighted by molar-refractivity contribution is -0.145. The van der Waals surface area contributed by atoms with Crippen LogP contribution in [-0.4, -0.2) is 38.6 Å². The van der Waals surface area contributed by atoms with Gasteiger partial charge in [-0.25, -0.2) is 13.1 Å². The largest absolute Gasteiger partial charge is 0.466 e. The van der Waals surface area contributed by atoms with Crippen molar-refractivity contribution in [3.8, 4) is 0 Å². The van der Waals surface area contributed by atoms with Crippen LogP contribution < -0.4 is 15.4 Å². The number of anilines is 1. The molecule has 1 amide bonds. The third-order valence-electron chi connectivity index (χ3n) is 4.36. The standard InChI is InChI=1S/C23H27N3O5S2/c1-2-16-24-33(29,30)20-12-10-19(11-13-20)25-23(32)26-21(27)14-15-22(28)31-17-6-9-18-7-4-3-5-8-18/h2-5,7-8,10-13,24H,1,6,9,14-17H2,(H2,25,26,27,32). The maximum Gasteiger partial charge on any atom is 0.306 e. The molecule has 0 spiro atoms. The summed E-state index contributed by atoms with van der Waals surface area (Å²) < 4.78 is 31.6. The molecule has 0 aromatic heterocycles. The quantitative estimate of drug-likeness (QED) is 0.182. The molecule has 0 heterocycles. The SMILES string of the molecule is C=CCNS(=O)(=O)c1ccc(NC(=S)NC(=O)CCC(=O)OCCCc2ccccc2)cc1. The van der Waals surface area contributed by atoms with Gasteiger partial charge in [-0.1, -0.05) is 36.4 Å². The molecule has 0 radical (unpaired) electrons. The third kappa shape index (κ3) is 9.94. The maximum atomic E-state index is 12.0. The smallest absolute Gasteiger partial charge is 0.306 e. The second-order valence-electron chi connectivity index (χ2n) is 6.98. The average Bonchev–Trinajstić information content (AvgIpc) is 2.80. The lowest BCUT2D eigenvalue weighted by Gasteiger charge is -2.10. The number of sulfonamides is 1. The van der Waals surface area contributed by atoms with Crippen molar-refractivity contribution < 1.29 is 22.7 Å². The summed E-state index contributed by atoms with van der Waals surface area (Å²) in [6.45, 7) is 3.89. The van der Waals surface area contributed by atoms with Crippen LogP contribution in [0.15, 0.2) is 72.1 Å². The number of hydrogen-bond donors (Lipinski definition) is 3. The molecule has 8 nitrogen and oxygen atoms in total. The Kier molecular flexibility index (Phi) is 10.7. The monoisotopic (exact) mass is 489 g/mol. The molecule has 0 bridgehead atoms. The van der Waals surface area contributed by atoms with E-state index in [4.69, 9.17) is 17.0 Å². The summed E-state index contributed by atoms with van der Waals surface area (Å²) in [5.74, 6) is -0.875. The van der Waals surface area contributed by atoms with Gasteiger partial charge in [0.1, 0.15) is 0 Å². The van der Waals surface area contributed by atoms with E-state index in [9.17, 15) is 18.0 Å². The minimum atomic E-state index is -3.62. The van der Waals surface area contributed by atoms with Crippen LogP contribution in [0.1, 0.15) is 24.8 Å². The van der Waals surface area contributed by atoms with Crippen LogP contribution in [0, 0.1) is 0 Å². The molecule has 0 aliphatic heterocycles. The van der Waals surface area contributed by atoms with E-state index in [1.165, 1.54) is 35.9 Å². The molecule has 0 aliphatic carbocycles. The van der Waals surface area contributed by atoms with Crippen molar-refractivity contribution in [1.29, 1.82) is 0 Å². The normalized spacial score (nSPS) is 10.8. The first kappa shape index (κ1) is 26.2. The Balaban J connectivity index is 1.66. The fourth-order valence-corrected chi connectivity index (χ4v) is 3.95. The van der Waals surface area contributed by atoms with Crippen LogP contribution in [0.5, 0.6) is 0 Å². The molecule has 3 N–H and O–H groups in total. The molecular formula is C23H27N3O5S2. The van der Waals surface area contributed by atoms with Gasteiger partial charge >= 0.3 is 5.97 Å². The summed E-state index contributed by atoms with van der Waals surface area (Å²) in [5, 5.41) is 5.31. The van der Waals surface area contributed by atoms with Gasteiger partial charge in [0.15, 0.2) is 5.11 Å². The van der Waals surface area contributed by atoms with Gasteiger partial charge in [-0.3, -0.25) is 9.59 Å². The van der Waals surface area contributed by atoms with Crippen LogP contribution in [0.25, 0.3) is 0 Å². The predicted octanol–water partition coefficient (Wildman–Crippen LogP) is 2.92. The molecule has 0 saturated heterocycles. The number of hydrogen-bond acceptors (Lipinski definition) is 6. The predicted molar refractivity (Wildman–Crippen MR) is 131 cm³/mol. The number of thiocarbonyl (C=S) groups is 1. The molecule has 0 aliphatic rings. The fraction of sp³-hybridized carbons (Fsp3) is 0.261. The van der Waals surface area contributed by atoms with E-state index < -0.39 is 21.9 Å². The van der Waals surface area contributed by atoms with E-state index >= 15 is 0 Å². The third-order valence-corrected chi connectivity index (χ3v) is 6.01. The zero-order valence-corrected chi connectivity index (χ0v) is 19.7. The van der Waals surface area contributed by atoms with Crippen molar-refractivity contribution in [1.82, 2.24) is 10.0 Å². The first-order valence-corrected chi connectivity index (χ1v) is 12.2. The Morgan fingerprint density at radius 3 is 2.39 bits per heavy atom. The second kappa shape index (κ2) is 13.5. The van der Waals surface area contributed by atoms with Crippen LogP contribution >= 0.6 is 12.2 Å². The highest BCUT2D eigenvalue weighted by molar-refractivity contribution is 7.89. The zero-order chi connectivity index (χ0) is 24.1. The number of carbonyl (C=O) groups is 2. The number of esters is 1. The highest BCUT2D eigenvalue weighted by atomic mass is 32.2. The summed E-state index contributed by atoms with van der Waals surface area (Å²) >= 11 is 5.09. The topological polar surface area (TPSA) is 114 Å². The van der Waals surface area contributed by atoms with Crippen LogP contribution in [0.3, 0.4) is 0 Å². The van der Waals surface area contributed by atoms with Crippen LogP contribution in [0.4, 0.5) is 5.69 Å². The van der Waals surface area contributed by atoms with E-state index in [1.54, 1.807) is 0 Å². The van der Waals surface area contributed by atoms with E-state index in [-0.39, 0.29) is 29.4 Å². The highest BCUT2D eigenvalue weighted by Gasteiger charge is 2.13. The Hall–Kier alpha value is -3.08. The summed E-state index contributed by atoms with van der Waals surface area (Å²) in [6, 6.07) is 15.8. The molecule has 0 saturated carbocycles. The summed E-state index contributed by atoms with van der Waals surface area (Å²) in [5.41, 5.74) is 1.68. The number of nitrogens with one attached hydrogen (secondary N) is 3. The molecule has 0 fully saturated rings. The van der Waals surface area contributed by atoms with Crippen molar-refractivity contribution in [2.45, 2.75) is 30.6 Å². The van der Waals surface area contributed by atoms with Crippen molar-refractivity contribution in [2.24, 2.45) is 0 Å². The Labute approximate surface area is 199 Å². The molecule has 10 heteroatoms. The minimum absolute atomic E-state index is 0.0385. The molecular weight excluding hydrogens is 462 g/mol. The van der Waals surface area contributed by atoms with Gasteiger partial charge in [0.2, 0.25) is 15.9 Å². The number of benzene rings is 2. The van der Waals surface area contributed by atoms with E-state index in [2.05, 4.69) is 21.9 Å². The molecule has 0 unspecified atom stereocenters. The van der Waals surface area contributed by atoms with E-state index in [1.807, 2.05) is 30.3 Å². The number of rotatable bonds is 12. The molecule has 33 heavy (non-hydrogen) atoms. The Bertz CT molecular complexity index is 1060. The van der Waals surface area contributed by atoms with Crippen molar-refractivity contribution in [2.75, 3.05) is 18.5 Å². The summed E-state index contributed by atoms with van der Waals surface area (Å²) in [6.07, 6.45) is 2.85. The van der Waals surface area contributed by atoms with Crippen LogP contribution in [-0.2, 0) is 30.8 Å². The lowest BCUT2D eigenvalue weighted by atomic mass is 10.1. The van der Waals surface area contributed by atoms with Gasteiger partial charge in [0.05, 0.1) is 17.9 Å². The first-order valence-electron chi connectivity index (χ1n) is 10.3. The highest BCUT2D eigenvalue weighted by Crippen LogP contribution is 2.14. The maximum absolute atomic E-state index is 12.0. The van der Waals surface area contributed by atoms with Gasteiger partial charge in [-0.05, 0) is 54.9 Å². The zero-order valence-electron chi connectivity index (χ0n) is 18.1. The molecule has 2 aromatic rings. The van der Waals surface area contributed by atoms with Crippen molar-refractivity contribution in [3.63, 3.8) is 0 Å². The van der Waals surface area contributed by atoms with Gasteiger partial charge < -0.3 is 15.4 Å². The summed E-state index contributed by atoms with van der Waals surface area (Å²) in [7, 11) is -3.62. The number of aryl methyl sites for hydroxylation is 1. The Morgan fingerprint density at radius 1 is 1.03 bits per heavy atom. The summed E-state index contributed by atoms with van der Waals surface area (Å²) in [4.78, 5) is 23.9. The number of ether oxygens (including phenoxy) is 1. The van der Waals surface area contributed by atoms with Crippen molar-refractivity contribution in [3.05, 3.63) is 72.8 Å². The van der Waals surface area contributed by atoms with E-state index in [0.717, 1.165) is 6.42 Å². The minimum Gasteiger partial charge on any atom is -0.466 e. The van der Waals surface area contributed by atoms with Gasteiger partial charge in [0.25, 0.3) is 0 Å². The lowest BCUT2D eigenvalue weighted by Crippen LogP contribution is -2.34. The van der Waals surface area contributed by atoms with Crippen LogP contribution in [0.2, 0.25) is 0 Å². The average molecular weight is 490 g/mol. The molecule has 0 atom stereocenters. The molecule has 2 rings (SSSR count). The second-order valence-corrected chi connectivity index (χ2v) is 9.15. The van der Waals surface area contributed by atoms with Gasteiger partial charge in [0, 0.05) is 18.7 Å². The Morgan fingerprint density at radius 2 is 1.73 bits per heavy atom. The van der Waals surface area contributed by atoms with Crippen molar-refractivity contribution >= 4 is 44.9 Å². The van der Waals surface area contributed by atoms with E-state index in [0.29, 0.717) is 18.7 Å². The number of amides is 1. The van der Waals surface area contributed by atoms with Gasteiger partial charge in [-0.2, -0.15) is 0 Å². The molecule has 2 aromatic carbocycles.